The Morgan fingerprint density at radius 2 is 1.59 bits per heavy atom. The number of fused-ring (bicyclic) bond motifs is 1. The van der Waals surface area contributed by atoms with Crippen LogP contribution in [-0.4, -0.2) is 38.6 Å². The molecule has 1 aliphatic heterocycles. The van der Waals surface area contributed by atoms with Crippen LogP contribution in [0.1, 0.15) is 60.7 Å². The van der Waals surface area contributed by atoms with Gasteiger partial charge in [0.05, 0.1) is 5.02 Å². The maximum absolute atomic E-state index is 13.7. The summed E-state index contributed by atoms with van der Waals surface area (Å²) in [4.78, 5) is 26.6. The van der Waals surface area contributed by atoms with Crippen molar-refractivity contribution in [2.75, 3.05) is 26.8 Å². The molecule has 0 aliphatic carbocycles. The lowest BCUT2D eigenvalue weighted by atomic mass is 9.99. The maximum atomic E-state index is 13.7. The van der Waals surface area contributed by atoms with Crippen molar-refractivity contribution in [1.29, 1.82) is 0 Å². The van der Waals surface area contributed by atoms with Crippen LogP contribution in [0, 0.1) is 0 Å². The van der Waals surface area contributed by atoms with Gasteiger partial charge in [0.1, 0.15) is 23.2 Å². The molecule has 0 fully saturated rings. The molecule has 0 saturated carbocycles. The van der Waals surface area contributed by atoms with Crippen molar-refractivity contribution >= 4 is 23.4 Å². The van der Waals surface area contributed by atoms with Crippen molar-refractivity contribution in [2.24, 2.45) is 0 Å². The summed E-state index contributed by atoms with van der Waals surface area (Å²) in [5, 5.41) is 0.125. The number of carbonyl (C=O) groups is 2. The average Bonchev–Trinajstić information content (AvgIpc) is 2.90. The molecule has 0 saturated heterocycles. The second-order valence-electron chi connectivity index (χ2n) is 8.18. The summed E-state index contributed by atoms with van der Waals surface area (Å²) in [6.45, 7) is 4.36. The highest BCUT2D eigenvalue weighted by Crippen LogP contribution is 2.39. The Kier molecular flexibility index (Phi) is 11.7. The van der Waals surface area contributed by atoms with Crippen LogP contribution >= 0.6 is 11.6 Å². The zero-order chi connectivity index (χ0) is 26.5. The van der Waals surface area contributed by atoms with Gasteiger partial charge in [-0.25, -0.2) is 4.79 Å². The number of rotatable bonds is 9. The number of ether oxygens (including phenoxy) is 5. The molecule has 0 N–H and O–H groups in total. The molecule has 2 aromatic rings. The molecule has 0 aromatic heterocycles. The average molecular weight is 529 g/mol. The number of ketones is 1. The third kappa shape index (κ3) is 8.45. The highest BCUT2D eigenvalue weighted by Gasteiger charge is 2.29. The number of carbonyl (C=O) groups excluding carboxylic acids is 2. The fraction of sp³-hybridized carbons (Fsp3) is 0.379. The predicted molar refractivity (Wildman–Crippen MR) is 141 cm³/mol. The number of hydrogen-bond acceptors (Lipinski definition) is 7. The molecule has 0 bridgehead atoms. The number of esters is 1. The second kappa shape index (κ2) is 15.2. The first kappa shape index (κ1) is 28.4. The third-order valence-electron chi connectivity index (χ3n) is 5.59. The summed E-state index contributed by atoms with van der Waals surface area (Å²) >= 11 is 6.71. The van der Waals surface area contributed by atoms with Gasteiger partial charge in [0, 0.05) is 37.7 Å². The van der Waals surface area contributed by atoms with Gasteiger partial charge in [-0.05, 0) is 38.3 Å². The first-order valence-corrected chi connectivity index (χ1v) is 12.8. The molecule has 0 radical (unpaired) electrons. The van der Waals surface area contributed by atoms with Crippen molar-refractivity contribution in [1.82, 2.24) is 0 Å². The van der Waals surface area contributed by atoms with E-state index < -0.39 is 12.1 Å². The summed E-state index contributed by atoms with van der Waals surface area (Å²) < 4.78 is 28.2. The molecule has 0 unspecified atom stereocenters. The first-order chi connectivity index (χ1) is 18.0. The van der Waals surface area contributed by atoms with Crippen LogP contribution in [0.2, 0.25) is 5.02 Å². The Balaban J connectivity index is 2.11. The zero-order valence-corrected chi connectivity index (χ0v) is 22.0. The van der Waals surface area contributed by atoms with E-state index in [1.54, 1.807) is 0 Å². The Hall–Kier alpha value is -3.13. The van der Waals surface area contributed by atoms with Crippen LogP contribution in [0.15, 0.2) is 60.7 Å². The van der Waals surface area contributed by atoms with Gasteiger partial charge in [-0.1, -0.05) is 60.2 Å². The molecular weight excluding hydrogens is 496 g/mol. The maximum Gasteiger partial charge on any atom is 0.342 e. The van der Waals surface area contributed by atoms with Crippen LogP contribution in [0.4, 0.5) is 0 Å². The van der Waals surface area contributed by atoms with Crippen LogP contribution in [-0.2, 0) is 25.4 Å². The fourth-order valence-electron chi connectivity index (χ4n) is 3.73. The lowest BCUT2D eigenvalue weighted by molar-refractivity contribution is -0.114. The van der Waals surface area contributed by atoms with Gasteiger partial charge >= 0.3 is 5.97 Å². The van der Waals surface area contributed by atoms with Gasteiger partial charge in [0.25, 0.3) is 0 Å². The largest absolute Gasteiger partial charge is 0.466 e. The molecule has 37 heavy (non-hydrogen) atoms. The summed E-state index contributed by atoms with van der Waals surface area (Å²) in [5.74, 6) is -0.491. The SMILES string of the molecule is CCOCOc1cc(OCOCC)c2c(c1Cl)CC(=O)C=CCCC=CC[C@@H](c1ccccc1)OC2=O. The van der Waals surface area contributed by atoms with E-state index in [0.717, 1.165) is 12.0 Å². The highest BCUT2D eigenvalue weighted by atomic mass is 35.5. The monoisotopic (exact) mass is 528 g/mol. The van der Waals surface area contributed by atoms with Crippen molar-refractivity contribution in [3.63, 3.8) is 0 Å². The van der Waals surface area contributed by atoms with Gasteiger partial charge in [-0.3, -0.25) is 4.79 Å². The second-order valence-corrected chi connectivity index (χ2v) is 8.56. The molecule has 3 rings (SSSR count). The molecule has 7 nitrogen and oxygen atoms in total. The number of allylic oxidation sites excluding steroid dienone is 3. The third-order valence-corrected chi connectivity index (χ3v) is 6.01. The lowest BCUT2D eigenvalue weighted by Gasteiger charge is -2.22. The van der Waals surface area contributed by atoms with Crippen LogP contribution in [0.3, 0.4) is 0 Å². The molecule has 2 aromatic carbocycles. The summed E-state index contributed by atoms with van der Waals surface area (Å²) in [6, 6.07) is 11.0. The van der Waals surface area contributed by atoms with E-state index >= 15 is 0 Å². The van der Waals surface area contributed by atoms with Crippen molar-refractivity contribution in [2.45, 2.75) is 45.6 Å². The van der Waals surface area contributed by atoms with Gasteiger partial charge < -0.3 is 23.7 Å². The molecule has 0 spiro atoms. The van der Waals surface area contributed by atoms with E-state index in [-0.39, 0.29) is 53.4 Å². The summed E-state index contributed by atoms with van der Waals surface area (Å²) in [7, 11) is 0. The molecular formula is C29H33ClO7. The molecule has 1 aliphatic rings. The van der Waals surface area contributed by atoms with E-state index in [2.05, 4.69) is 0 Å². The van der Waals surface area contributed by atoms with Gasteiger partial charge in [0.15, 0.2) is 19.4 Å². The number of halogens is 1. The standard InChI is InChI=1S/C29H33ClO7/c1-3-33-19-35-25-18-26(36-20-34-4-2)28(30)23-17-22(31)15-11-6-5-7-12-16-24(37-29(32)27(23)25)21-13-9-8-10-14-21/h7-15,18,24H,3-6,16-17,19-20H2,1-2H3/t24-/m0/s1. The van der Waals surface area contributed by atoms with Crippen LogP contribution < -0.4 is 9.47 Å². The normalized spacial score (nSPS) is 16.6. The molecule has 198 valence electrons. The Bertz CT molecular complexity index is 1100. The topological polar surface area (TPSA) is 80.3 Å². The van der Waals surface area contributed by atoms with E-state index in [0.29, 0.717) is 26.1 Å². The smallest absolute Gasteiger partial charge is 0.342 e. The van der Waals surface area contributed by atoms with Crippen LogP contribution in [0.25, 0.3) is 0 Å². The minimum atomic E-state index is -0.657. The summed E-state index contributed by atoms with van der Waals surface area (Å²) in [5.41, 5.74) is 1.18. The number of cyclic esters (lactones) is 1. The van der Waals surface area contributed by atoms with E-state index in [4.69, 9.17) is 35.3 Å². The fourth-order valence-corrected chi connectivity index (χ4v) is 4.00. The Morgan fingerprint density at radius 3 is 2.30 bits per heavy atom. The van der Waals surface area contributed by atoms with Crippen LogP contribution in [0.5, 0.6) is 11.5 Å². The molecule has 1 heterocycles. The van der Waals surface area contributed by atoms with Crippen molar-refractivity contribution in [3.8, 4) is 11.5 Å². The quantitative estimate of drug-likeness (QED) is 0.161. The minimum Gasteiger partial charge on any atom is -0.466 e. The lowest BCUT2D eigenvalue weighted by Crippen LogP contribution is -2.18. The van der Waals surface area contributed by atoms with Crippen molar-refractivity contribution < 1.29 is 33.3 Å². The Morgan fingerprint density at radius 1 is 0.919 bits per heavy atom. The first-order valence-electron chi connectivity index (χ1n) is 12.4. The minimum absolute atomic E-state index is 0.0549. The highest BCUT2D eigenvalue weighted by molar-refractivity contribution is 6.33. The van der Waals surface area contributed by atoms with Gasteiger partial charge in [-0.2, -0.15) is 0 Å². The van der Waals surface area contributed by atoms with E-state index in [9.17, 15) is 9.59 Å². The zero-order valence-electron chi connectivity index (χ0n) is 21.2. The number of benzene rings is 2. The van der Waals surface area contributed by atoms with Crippen molar-refractivity contribution in [3.05, 3.63) is 82.4 Å². The van der Waals surface area contributed by atoms with Gasteiger partial charge in [0.2, 0.25) is 0 Å². The van der Waals surface area contributed by atoms with E-state index in [1.807, 2.05) is 62.4 Å². The molecule has 8 heteroatoms. The Labute approximate surface area is 223 Å². The predicted octanol–water partition coefficient (Wildman–Crippen LogP) is 6.39. The van der Waals surface area contributed by atoms with Gasteiger partial charge in [-0.15, -0.1) is 0 Å². The molecule has 0 amide bonds. The number of hydrogen-bond donors (Lipinski definition) is 0. The summed E-state index contributed by atoms with van der Waals surface area (Å²) in [6.07, 6.45) is 8.62. The molecule has 1 atom stereocenters. The van der Waals surface area contributed by atoms with E-state index in [1.165, 1.54) is 12.1 Å².